The van der Waals surface area contributed by atoms with E-state index in [4.69, 9.17) is 5.84 Å². The number of rotatable bonds is 5. The summed E-state index contributed by atoms with van der Waals surface area (Å²) in [4.78, 5) is 2.50. The molecule has 1 aromatic rings. The van der Waals surface area contributed by atoms with E-state index in [1.807, 2.05) is 0 Å². The smallest absolute Gasteiger partial charge is 0.219 e. The lowest BCUT2D eigenvalue weighted by molar-refractivity contribution is 0.270. The van der Waals surface area contributed by atoms with E-state index in [2.05, 4.69) is 27.4 Å². The molecule has 102 valence electrons. The number of nitrogens with two attached hydrogens (primary N) is 1. The van der Waals surface area contributed by atoms with E-state index < -0.39 is 0 Å². The second kappa shape index (κ2) is 7.01. The van der Waals surface area contributed by atoms with Crippen LogP contribution in [-0.2, 0) is 6.54 Å². The summed E-state index contributed by atoms with van der Waals surface area (Å²) in [5.41, 5.74) is 2.55. The molecule has 0 radical (unpaired) electrons. The van der Waals surface area contributed by atoms with Crippen molar-refractivity contribution in [2.24, 2.45) is 11.8 Å². The molecule has 5 nitrogen and oxygen atoms in total. The first-order chi connectivity index (χ1) is 8.81. The van der Waals surface area contributed by atoms with Gasteiger partial charge in [-0.05, 0) is 38.3 Å². The summed E-state index contributed by atoms with van der Waals surface area (Å²) in [5, 5.41) is 9.88. The second-order valence-corrected chi connectivity index (χ2v) is 6.07. The van der Waals surface area contributed by atoms with Gasteiger partial charge in [-0.25, -0.2) is 5.84 Å². The van der Waals surface area contributed by atoms with Crippen molar-refractivity contribution in [3.63, 3.8) is 0 Å². The summed E-state index contributed by atoms with van der Waals surface area (Å²) in [5.74, 6) is 6.24. The van der Waals surface area contributed by atoms with E-state index >= 15 is 0 Å². The van der Waals surface area contributed by atoms with Gasteiger partial charge < -0.3 is 0 Å². The van der Waals surface area contributed by atoms with Crippen molar-refractivity contribution in [1.29, 1.82) is 0 Å². The van der Waals surface area contributed by atoms with Crippen molar-refractivity contribution in [3.05, 3.63) is 5.01 Å². The predicted molar refractivity (Wildman–Crippen MR) is 75.2 cm³/mol. The average molecular weight is 269 g/mol. The summed E-state index contributed by atoms with van der Waals surface area (Å²) in [6, 6.07) is 0. The zero-order chi connectivity index (χ0) is 12.8. The molecule has 1 fully saturated rings. The lowest BCUT2D eigenvalue weighted by atomic mass is 9.96. The van der Waals surface area contributed by atoms with Crippen LogP contribution in [0.4, 0.5) is 5.13 Å². The molecular formula is C12H23N5S. The SMILES string of the molecule is CCCC1CCCN(Cc2nnc(NN)s2)CC1. The van der Waals surface area contributed by atoms with Crippen LogP contribution in [0.5, 0.6) is 0 Å². The van der Waals surface area contributed by atoms with Crippen molar-refractivity contribution in [1.82, 2.24) is 15.1 Å². The molecule has 2 rings (SSSR count). The topological polar surface area (TPSA) is 67.1 Å². The van der Waals surface area contributed by atoms with Crippen LogP contribution < -0.4 is 11.3 Å². The Labute approximate surface area is 113 Å². The summed E-state index contributed by atoms with van der Waals surface area (Å²) in [7, 11) is 0. The molecule has 18 heavy (non-hydrogen) atoms. The lowest BCUT2D eigenvalue weighted by Gasteiger charge is -2.18. The molecule has 1 aliphatic rings. The number of hydrazine groups is 1. The number of nitrogen functional groups attached to an aromatic ring is 1. The number of aromatic nitrogens is 2. The number of hydrogen-bond acceptors (Lipinski definition) is 6. The molecule has 0 spiro atoms. The zero-order valence-corrected chi connectivity index (χ0v) is 11.9. The van der Waals surface area contributed by atoms with Crippen LogP contribution in [0.2, 0.25) is 0 Å². The highest BCUT2D eigenvalue weighted by Crippen LogP contribution is 2.23. The molecule has 0 aromatic carbocycles. The Hall–Kier alpha value is -0.720. The van der Waals surface area contributed by atoms with E-state index in [9.17, 15) is 0 Å². The molecule has 3 N–H and O–H groups in total. The second-order valence-electron chi connectivity index (χ2n) is 5.01. The maximum atomic E-state index is 5.32. The molecule has 0 amide bonds. The first kappa shape index (κ1) is 13.7. The molecular weight excluding hydrogens is 246 g/mol. The van der Waals surface area contributed by atoms with Gasteiger partial charge in [0.1, 0.15) is 5.01 Å². The summed E-state index contributed by atoms with van der Waals surface area (Å²) < 4.78 is 0. The summed E-state index contributed by atoms with van der Waals surface area (Å²) in [6.07, 6.45) is 6.72. The number of likely N-dealkylation sites (tertiary alicyclic amines) is 1. The largest absolute Gasteiger partial charge is 0.298 e. The van der Waals surface area contributed by atoms with E-state index in [1.54, 1.807) is 11.3 Å². The van der Waals surface area contributed by atoms with Gasteiger partial charge in [-0.15, -0.1) is 10.2 Å². The predicted octanol–water partition coefficient (Wildman–Crippen LogP) is 2.23. The zero-order valence-electron chi connectivity index (χ0n) is 11.1. The highest BCUT2D eigenvalue weighted by atomic mass is 32.1. The minimum Gasteiger partial charge on any atom is -0.298 e. The van der Waals surface area contributed by atoms with Crippen molar-refractivity contribution >= 4 is 16.5 Å². The van der Waals surface area contributed by atoms with Gasteiger partial charge >= 0.3 is 0 Å². The monoisotopic (exact) mass is 269 g/mol. The summed E-state index contributed by atoms with van der Waals surface area (Å²) in [6.45, 7) is 5.57. The Bertz CT molecular complexity index is 354. The minimum atomic E-state index is 0.698. The fourth-order valence-electron chi connectivity index (χ4n) is 2.65. The van der Waals surface area contributed by atoms with Gasteiger partial charge in [-0.2, -0.15) is 0 Å². The van der Waals surface area contributed by atoms with Gasteiger partial charge in [-0.3, -0.25) is 10.3 Å². The Morgan fingerprint density at radius 3 is 3.00 bits per heavy atom. The highest BCUT2D eigenvalue weighted by Gasteiger charge is 2.17. The van der Waals surface area contributed by atoms with E-state index in [0.717, 1.165) is 17.5 Å². The molecule has 1 saturated heterocycles. The molecule has 0 saturated carbocycles. The van der Waals surface area contributed by atoms with Crippen LogP contribution in [0, 0.1) is 5.92 Å². The first-order valence-corrected chi connectivity index (χ1v) is 7.64. The van der Waals surface area contributed by atoms with Crippen LogP contribution in [0.3, 0.4) is 0 Å². The minimum absolute atomic E-state index is 0.698. The van der Waals surface area contributed by atoms with Gasteiger partial charge in [-0.1, -0.05) is 31.1 Å². The molecule has 1 aromatic heterocycles. The molecule has 6 heteroatoms. The third-order valence-electron chi connectivity index (χ3n) is 3.59. The van der Waals surface area contributed by atoms with Gasteiger partial charge in [0, 0.05) is 0 Å². The quantitative estimate of drug-likeness (QED) is 0.634. The third-order valence-corrected chi connectivity index (χ3v) is 4.43. The molecule has 1 atom stereocenters. The third kappa shape index (κ3) is 3.90. The van der Waals surface area contributed by atoms with Crippen LogP contribution in [0.25, 0.3) is 0 Å². The maximum Gasteiger partial charge on any atom is 0.219 e. The number of anilines is 1. The average Bonchev–Trinajstić information content (AvgIpc) is 2.71. The lowest BCUT2D eigenvalue weighted by Crippen LogP contribution is -2.24. The van der Waals surface area contributed by atoms with Crippen molar-refractivity contribution in [2.75, 3.05) is 18.5 Å². The van der Waals surface area contributed by atoms with E-state index in [1.165, 1.54) is 45.2 Å². The number of hydrogen-bond donors (Lipinski definition) is 2. The molecule has 2 heterocycles. The van der Waals surface area contributed by atoms with Crippen LogP contribution in [0.1, 0.15) is 44.0 Å². The standard InChI is InChI=1S/C12H23N5S/c1-2-4-10-5-3-7-17(8-6-10)9-11-15-16-12(14-13)18-11/h10H,2-9,13H2,1H3,(H,14,16). The van der Waals surface area contributed by atoms with Crippen molar-refractivity contribution in [3.8, 4) is 0 Å². The molecule has 0 aliphatic carbocycles. The number of nitrogens with zero attached hydrogens (tertiary/aromatic N) is 3. The normalized spacial score (nSPS) is 21.8. The van der Waals surface area contributed by atoms with Crippen LogP contribution >= 0.6 is 11.3 Å². The first-order valence-electron chi connectivity index (χ1n) is 6.83. The summed E-state index contributed by atoms with van der Waals surface area (Å²) >= 11 is 1.54. The number of nitrogens with one attached hydrogen (secondary N) is 1. The van der Waals surface area contributed by atoms with Gasteiger partial charge in [0.15, 0.2) is 0 Å². The van der Waals surface area contributed by atoms with Crippen LogP contribution in [-0.4, -0.2) is 28.2 Å². The Morgan fingerprint density at radius 2 is 2.28 bits per heavy atom. The Morgan fingerprint density at radius 1 is 1.39 bits per heavy atom. The van der Waals surface area contributed by atoms with Crippen molar-refractivity contribution in [2.45, 2.75) is 45.6 Å². The van der Waals surface area contributed by atoms with Crippen LogP contribution in [0.15, 0.2) is 0 Å². The maximum absolute atomic E-state index is 5.32. The van der Waals surface area contributed by atoms with E-state index in [-0.39, 0.29) is 0 Å². The van der Waals surface area contributed by atoms with Gasteiger partial charge in [0.25, 0.3) is 0 Å². The van der Waals surface area contributed by atoms with E-state index in [0.29, 0.717) is 5.13 Å². The van der Waals surface area contributed by atoms with Gasteiger partial charge in [0.05, 0.1) is 6.54 Å². The van der Waals surface area contributed by atoms with Gasteiger partial charge in [0.2, 0.25) is 5.13 Å². The Balaban J connectivity index is 1.82. The van der Waals surface area contributed by atoms with Crippen molar-refractivity contribution < 1.29 is 0 Å². The Kier molecular flexibility index (Phi) is 5.34. The molecule has 1 unspecified atom stereocenters. The fourth-order valence-corrected chi connectivity index (χ4v) is 3.34. The highest BCUT2D eigenvalue weighted by molar-refractivity contribution is 7.15. The molecule has 1 aliphatic heterocycles. The molecule has 0 bridgehead atoms. The fraction of sp³-hybridized carbons (Fsp3) is 0.833.